The van der Waals surface area contributed by atoms with Gasteiger partial charge in [-0.05, 0) is 42.0 Å². The van der Waals surface area contributed by atoms with Crippen molar-refractivity contribution in [3.05, 3.63) is 65.7 Å². The predicted molar refractivity (Wildman–Crippen MR) is 137 cm³/mol. The van der Waals surface area contributed by atoms with Crippen LogP contribution in [0.25, 0.3) is 0 Å². The van der Waals surface area contributed by atoms with Crippen LogP contribution in [0.1, 0.15) is 64.0 Å². The van der Waals surface area contributed by atoms with E-state index in [1.165, 1.54) is 0 Å². The number of benzene rings is 2. The van der Waals surface area contributed by atoms with Gasteiger partial charge in [-0.25, -0.2) is 0 Å². The quantitative estimate of drug-likeness (QED) is 0.355. The Labute approximate surface area is 208 Å². The van der Waals surface area contributed by atoms with Crippen molar-refractivity contribution in [3.63, 3.8) is 0 Å². The minimum atomic E-state index is -0.884. The molecule has 0 heterocycles. The van der Waals surface area contributed by atoms with Gasteiger partial charge in [-0.3, -0.25) is 14.4 Å². The number of unbranched alkanes of at least 4 members (excludes halogenated alkanes) is 2. The number of carbonyl (C=O) groups excluding carboxylic acids is 3. The molecule has 0 bridgehead atoms. The molecule has 35 heavy (non-hydrogen) atoms. The van der Waals surface area contributed by atoms with Crippen molar-refractivity contribution in [2.45, 2.75) is 77.9 Å². The van der Waals surface area contributed by atoms with Gasteiger partial charge >= 0.3 is 0 Å². The van der Waals surface area contributed by atoms with Crippen LogP contribution < -0.4 is 11.1 Å². The number of phenols is 1. The first-order valence-corrected chi connectivity index (χ1v) is 12.4. The third-order valence-electron chi connectivity index (χ3n) is 5.92. The van der Waals surface area contributed by atoms with E-state index >= 15 is 0 Å². The van der Waals surface area contributed by atoms with Crippen LogP contribution in [0.2, 0.25) is 0 Å². The molecule has 7 heteroatoms. The highest BCUT2D eigenvalue weighted by Gasteiger charge is 2.32. The van der Waals surface area contributed by atoms with Gasteiger partial charge in [0.05, 0.1) is 0 Å². The fourth-order valence-electron chi connectivity index (χ4n) is 4.00. The number of nitrogens with two attached hydrogens (primary N) is 1. The third kappa shape index (κ3) is 9.43. The Hall–Kier alpha value is -3.35. The summed E-state index contributed by atoms with van der Waals surface area (Å²) in [5.41, 5.74) is 7.32. The van der Waals surface area contributed by atoms with Crippen LogP contribution in [-0.4, -0.2) is 39.8 Å². The van der Waals surface area contributed by atoms with Gasteiger partial charge < -0.3 is 21.1 Å². The van der Waals surface area contributed by atoms with Gasteiger partial charge in [0.2, 0.25) is 17.7 Å². The van der Waals surface area contributed by atoms with E-state index in [1.54, 1.807) is 29.2 Å². The summed E-state index contributed by atoms with van der Waals surface area (Å²) in [5.74, 6) is -0.842. The molecule has 4 N–H and O–H groups in total. The molecule has 0 aromatic heterocycles. The lowest BCUT2D eigenvalue weighted by Crippen LogP contribution is -2.55. The molecule has 0 fully saturated rings. The van der Waals surface area contributed by atoms with Gasteiger partial charge in [0.1, 0.15) is 17.8 Å². The number of aromatic hydroxyl groups is 1. The van der Waals surface area contributed by atoms with Crippen LogP contribution in [0, 0.1) is 5.92 Å². The smallest absolute Gasteiger partial charge is 0.243 e. The summed E-state index contributed by atoms with van der Waals surface area (Å²) in [6.45, 7) is 6.30. The van der Waals surface area contributed by atoms with E-state index in [9.17, 15) is 19.5 Å². The number of amides is 3. The van der Waals surface area contributed by atoms with Crippen LogP contribution in [0.4, 0.5) is 0 Å². The van der Waals surface area contributed by atoms with Crippen LogP contribution in [-0.2, 0) is 27.3 Å². The van der Waals surface area contributed by atoms with E-state index in [4.69, 9.17) is 5.73 Å². The SMILES string of the molecule is CCCCCC(=O)N(Cc1ccc(O)cc1)[C@@H](CC(C)C)C(=O)N[C@@H](Cc1ccccc1)C(N)=O. The normalized spacial score (nSPS) is 12.7. The molecule has 3 amide bonds. The molecule has 2 rings (SSSR count). The molecule has 0 unspecified atom stereocenters. The first kappa shape index (κ1) is 27.9. The largest absolute Gasteiger partial charge is 0.508 e. The molecule has 0 spiro atoms. The van der Waals surface area contributed by atoms with E-state index in [-0.39, 0.29) is 36.4 Å². The molecule has 0 aliphatic carbocycles. The number of primary amides is 1. The Morgan fingerprint density at radius 3 is 2.20 bits per heavy atom. The number of nitrogens with one attached hydrogen (secondary N) is 1. The highest BCUT2D eigenvalue weighted by molar-refractivity contribution is 5.91. The van der Waals surface area contributed by atoms with Crippen LogP contribution in [0.5, 0.6) is 5.75 Å². The van der Waals surface area contributed by atoms with Gasteiger partial charge in [0.15, 0.2) is 0 Å². The Balaban J connectivity index is 2.30. The van der Waals surface area contributed by atoms with E-state index in [2.05, 4.69) is 12.2 Å². The van der Waals surface area contributed by atoms with Gasteiger partial charge in [-0.2, -0.15) is 0 Å². The van der Waals surface area contributed by atoms with Crippen LogP contribution in [0.3, 0.4) is 0 Å². The Morgan fingerprint density at radius 2 is 1.63 bits per heavy atom. The van der Waals surface area contributed by atoms with Crippen molar-refractivity contribution in [1.29, 1.82) is 0 Å². The Morgan fingerprint density at radius 1 is 0.971 bits per heavy atom. The number of phenolic OH excluding ortho intramolecular Hbond substituents is 1. The molecule has 0 aliphatic heterocycles. The highest BCUT2D eigenvalue weighted by atomic mass is 16.3. The summed E-state index contributed by atoms with van der Waals surface area (Å²) >= 11 is 0. The van der Waals surface area contributed by atoms with Crippen molar-refractivity contribution in [1.82, 2.24) is 10.2 Å². The van der Waals surface area contributed by atoms with E-state index < -0.39 is 18.0 Å². The summed E-state index contributed by atoms with van der Waals surface area (Å²) < 4.78 is 0. The lowest BCUT2D eigenvalue weighted by atomic mass is 9.98. The molecular formula is C28H39N3O4. The van der Waals surface area contributed by atoms with E-state index in [1.807, 2.05) is 44.2 Å². The number of hydrogen-bond donors (Lipinski definition) is 3. The maximum atomic E-state index is 13.6. The van der Waals surface area contributed by atoms with E-state index in [0.29, 0.717) is 12.8 Å². The van der Waals surface area contributed by atoms with E-state index in [0.717, 1.165) is 30.4 Å². The average molecular weight is 482 g/mol. The molecule has 0 saturated heterocycles. The van der Waals surface area contributed by atoms with Gasteiger partial charge in [0, 0.05) is 19.4 Å². The highest BCUT2D eigenvalue weighted by Crippen LogP contribution is 2.20. The summed E-state index contributed by atoms with van der Waals surface area (Å²) in [4.78, 5) is 40.7. The van der Waals surface area contributed by atoms with Crippen molar-refractivity contribution < 1.29 is 19.5 Å². The molecule has 2 aromatic rings. The zero-order valence-electron chi connectivity index (χ0n) is 21.1. The molecule has 0 radical (unpaired) electrons. The molecule has 7 nitrogen and oxygen atoms in total. The van der Waals surface area contributed by atoms with Crippen LogP contribution in [0.15, 0.2) is 54.6 Å². The number of carbonyl (C=O) groups is 3. The van der Waals surface area contributed by atoms with Gasteiger partial charge in [0.25, 0.3) is 0 Å². The number of hydrogen-bond acceptors (Lipinski definition) is 4. The fourth-order valence-corrected chi connectivity index (χ4v) is 4.00. The van der Waals surface area contributed by atoms with Crippen LogP contribution >= 0.6 is 0 Å². The zero-order chi connectivity index (χ0) is 25.8. The first-order valence-electron chi connectivity index (χ1n) is 12.4. The Bertz CT molecular complexity index is 944. The topological polar surface area (TPSA) is 113 Å². The van der Waals surface area contributed by atoms with Crippen molar-refractivity contribution in [2.75, 3.05) is 0 Å². The molecule has 2 atom stereocenters. The maximum Gasteiger partial charge on any atom is 0.243 e. The molecular weight excluding hydrogens is 442 g/mol. The molecule has 190 valence electrons. The number of rotatable bonds is 14. The predicted octanol–water partition coefficient (Wildman–Crippen LogP) is 3.93. The zero-order valence-corrected chi connectivity index (χ0v) is 21.1. The van der Waals surface area contributed by atoms with Crippen molar-refractivity contribution in [3.8, 4) is 5.75 Å². The second-order valence-electron chi connectivity index (χ2n) is 9.44. The standard InChI is InChI=1S/C28H39N3O4/c1-4-5-7-12-26(33)31(19-22-13-15-23(32)16-14-22)25(17-20(2)3)28(35)30-24(27(29)34)18-21-10-8-6-9-11-21/h6,8-11,13-16,20,24-25,32H,4-5,7,12,17-19H2,1-3H3,(H2,29,34)(H,30,35)/t24-,25-/m0/s1. The second-order valence-corrected chi connectivity index (χ2v) is 9.44. The van der Waals surface area contributed by atoms with Crippen molar-refractivity contribution in [2.24, 2.45) is 11.7 Å². The molecule has 2 aromatic carbocycles. The summed E-state index contributed by atoms with van der Waals surface area (Å²) in [6, 6.07) is 14.3. The van der Waals surface area contributed by atoms with Gasteiger partial charge in [-0.15, -0.1) is 0 Å². The average Bonchev–Trinajstić information content (AvgIpc) is 2.82. The van der Waals surface area contributed by atoms with Crippen molar-refractivity contribution >= 4 is 17.7 Å². The first-order chi connectivity index (χ1) is 16.7. The minimum absolute atomic E-state index is 0.106. The Kier molecular flexibility index (Phi) is 11.3. The van der Waals surface area contributed by atoms with Gasteiger partial charge in [-0.1, -0.05) is 76.1 Å². The third-order valence-corrected chi connectivity index (χ3v) is 5.92. The fraction of sp³-hybridized carbons (Fsp3) is 0.464. The molecule has 0 saturated carbocycles. The lowest BCUT2D eigenvalue weighted by molar-refractivity contribution is -0.142. The lowest BCUT2D eigenvalue weighted by Gasteiger charge is -2.33. The summed E-state index contributed by atoms with van der Waals surface area (Å²) in [5, 5.41) is 12.5. The second kappa shape index (κ2) is 14.1. The molecule has 0 aliphatic rings. The minimum Gasteiger partial charge on any atom is -0.508 e. The number of nitrogens with zero attached hydrogens (tertiary/aromatic N) is 1. The summed E-state index contributed by atoms with van der Waals surface area (Å²) in [6.07, 6.45) is 3.73. The maximum absolute atomic E-state index is 13.6. The monoisotopic (exact) mass is 481 g/mol. The summed E-state index contributed by atoms with van der Waals surface area (Å²) in [7, 11) is 0.